The Hall–Kier alpha value is -1.41. The number of benzene rings is 1. The highest BCUT2D eigenvalue weighted by Crippen LogP contribution is 2.55. The Kier molecular flexibility index (Phi) is 3.28. The predicted molar refractivity (Wildman–Crippen MR) is 80.1 cm³/mol. The minimum Gasteiger partial charge on any atom is -0.309 e. The van der Waals surface area contributed by atoms with Gasteiger partial charge in [-0.2, -0.15) is 0 Å². The second-order valence-electron chi connectivity index (χ2n) is 5.99. The van der Waals surface area contributed by atoms with Crippen LogP contribution in [0.15, 0.2) is 36.7 Å². The van der Waals surface area contributed by atoms with Crippen LogP contribution in [0.5, 0.6) is 0 Å². The van der Waals surface area contributed by atoms with Crippen molar-refractivity contribution in [2.75, 3.05) is 6.54 Å². The van der Waals surface area contributed by atoms with E-state index in [0.29, 0.717) is 11.5 Å². The molecule has 0 radical (unpaired) electrons. The minimum absolute atomic E-state index is 0.418. The molecular weight excluding hydrogens is 232 g/mol. The van der Waals surface area contributed by atoms with Gasteiger partial charge in [-0.05, 0) is 42.2 Å². The van der Waals surface area contributed by atoms with Crippen LogP contribution < -0.4 is 5.32 Å². The van der Waals surface area contributed by atoms with Crippen molar-refractivity contribution < 1.29 is 0 Å². The highest BCUT2D eigenvalue weighted by Gasteiger charge is 2.45. The largest absolute Gasteiger partial charge is 0.309 e. The van der Waals surface area contributed by atoms with Crippen LogP contribution in [0.25, 0.3) is 10.8 Å². The molecule has 2 nitrogen and oxygen atoms in total. The monoisotopic (exact) mass is 254 g/mol. The number of fused-ring (bicyclic) bond motifs is 1. The molecule has 1 fully saturated rings. The van der Waals surface area contributed by atoms with Crippen molar-refractivity contribution in [1.29, 1.82) is 0 Å². The summed E-state index contributed by atoms with van der Waals surface area (Å²) in [5.74, 6) is 0. The van der Waals surface area contributed by atoms with E-state index in [4.69, 9.17) is 0 Å². The Morgan fingerprint density at radius 2 is 2.05 bits per heavy atom. The van der Waals surface area contributed by atoms with Crippen LogP contribution in [0.4, 0.5) is 0 Å². The van der Waals surface area contributed by atoms with Gasteiger partial charge in [-0.3, -0.25) is 4.98 Å². The number of hydrogen-bond acceptors (Lipinski definition) is 2. The highest BCUT2D eigenvalue weighted by molar-refractivity contribution is 5.85. The lowest BCUT2D eigenvalue weighted by atomic mass is 9.89. The molecule has 0 saturated heterocycles. The van der Waals surface area contributed by atoms with E-state index in [0.717, 1.165) is 6.54 Å². The van der Waals surface area contributed by atoms with Gasteiger partial charge in [0.1, 0.15) is 0 Å². The number of pyridine rings is 1. The summed E-state index contributed by atoms with van der Waals surface area (Å²) in [5, 5.41) is 6.33. The second kappa shape index (κ2) is 4.93. The topological polar surface area (TPSA) is 24.9 Å². The van der Waals surface area contributed by atoms with E-state index in [9.17, 15) is 0 Å². The van der Waals surface area contributed by atoms with Gasteiger partial charge in [0.05, 0.1) is 0 Å². The van der Waals surface area contributed by atoms with Gasteiger partial charge >= 0.3 is 0 Å². The molecule has 1 aliphatic carbocycles. The predicted octanol–water partition coefficient (Wildman–Crippen LogP) is 4.08. The standard InChI is InChI=1S/C17H22N2/c1-3-10-19-16(17(2)8-9-17)15-12-18-11-13-6-4-5-7-14(13)15/h4-7,11-12,16,19H,3,8-10H2,1-2H3. The molecule has 19 heavy (non-hydrogen) atoms. The molecule has 1 aromatic carbocycles. The summed E-state index contributed by atoms with van der Waals surface area (Å²) >= 11 is 0. The molecule has 2 aromatic rings. The molecule has 3 rings (SSSR count). The van der Waals surface area contributed by atoms with Crippen molar-refractivity contribution in [2.24, 2.45) is 5.41 Å². The van der Waals surface area contributed by atoms with Crippen molar-refractivity contribution in [3.05, 3.63) is 42.2 Å². The van der Waals surface area contributed by atoms with Crippen molar-refractivity contribution >= 4 is 10.8 Å². The first-order chi connectivity index (χ1) is 9.24. The molecular formula is C17H22N2. The number of nitrogens with zero attached hydrogens (tertiary/aromatic N) is 1. The van der Waals surface area contributed by atoms with Gasteiger partial charge in [-0.15, -0.1) is 0 Å². The zero-order valence-electron chi connectivity index (χ0n) is 11.8. The quantitative estimate of drug-likeness (QED) is 0.869. The van der Waals surface area contributed by atoms with Crippen molar-refractivity contribution in [3.8, 4) is 0 Å². The van der Waals surface area contributed by atoms with Gasteiger partial charge < -0.3 is 5.32 Å². The molecule has 0 spiro atoms. The summed E-state index contributed by atoms with van der Waals surface area (Å²) < 4.78 is 0. The van der Waals surface area contributed by atoms with E-state index in [1.54, 1.807) is 0 Å². The fourth-order valence-corrected chi connectivity index (χ4v) is 2.88. The van der Waals surface area contributed by atoms with Crippen molar-refractivity contribution in [1.82, 2.24) is 10.3 Å². The van der Waals surface area contributed by atoms with Crippen LogP contribution in [-0.2, 0) is 0 Å². The summed E-state index contributed by atoms with van der Waals surface area (Å²) in [7, 11) is 0. The lowest BCUT2D eigenvalue weighted by Gasteiger charge is -2.26. The van der Waals surface area contributed by atoms with E-state index >= 15 is 0 Å². The first-order valence-corrected chi connectivity index (χ1v) is 7.30. The third-order valence-electron chi connectivity index (χ3n) is 4.34. The molecule has 2 heteroatoms. The van der Waals surface area contributed by atoms with Crippen LogP contribution >= 0.6 is 0 Å². The average Bonchev–Trinajstić information content (AvgIpc) is 3.18. The number of rotatable bonds is 5. The molecule has 1 unspecified atom stereocenters. The maximum absolute atomic E-state index is 4.44. The maximum Gasteiger partial charge on any atom is 0.0396 e. The zero-order chi connectivity index (χ0) is 13.3. The van der Waals surface area contributed by atoms with Crippen LogP contribution in [0, 0.1) is 5.41 Å². The van der Waals surface area contributed by atoms with Crippen LogP contribution in [0.1, 0.15) is 44.7 Å². The fraction of sp³-hybridized carbons (Fsp3) is 0.471. The van der Waals surface area contributed by atoms with Gasteiger partial charge in [-0.1, -0.05) is 38.1 Å². The Bertz CT molecular complexity index is 567. The van der Waals surface area contributed by atoms with Gasteiger partial charge in [0.25, 0.3) is 0 Å². The normalized spacial score (nSPS) is 18.4. The summed E-state index contributed by atoms with van der Waals surface area (Å²) in [6.07, 6.45) is 7.82. The zero-order valence-corrected chi connectivity index (χ0v) is 11.8. The highest BCUT2D eigenvalue weighted by atomic mass is 14.9. The molecule has 0 aliphatic heterocycles. The van der Waals surface area contributed by atoms with Gasteiger partial charge in [0.2, 0.25) is 0 Å². The van der Waals surface area contributed by atoms with Crippen molar-refractivity contribution in [2.45, 2.75) is 39.2 Å². The number of aromatic nitrogens is 1. The van der Waals surface area contributed by atoms with E-state index in [1.807, 2.05) is 6.20 Å². The Morgan fingerprint density at radius 3 is 2.79 bits per heavy atom. The Labute approximate surface area is 115 Å². The van der Waals surface area contributed by atoms with Crippen LogP contribution in [0.3, 0.4) is 0 Å². The van der Waals surface area contributed by atoms with Crippen LogP contribution in [0.2, 0.25) is 0 Å². The molecule has 1 aliphatic rings. The van der Waals surface area contributed by atoms with E-state index in [1.165, 1.54) is 35.6 Å². The summed E-state index contributed by atoms with van der Waals surface area (Å²) in [6.45, 7) is 5.69. The molecule has 1 saturated carbocycles. The average molecular weight is 254 g/mol. The molecule has 0 amide bonds. The maximum atomic E-state index is 4.44. The van der Waals surface area contributed by atoms with Gasteiger partial charge in [0, 0.05) is 23.8 Å². The first kappa shape index (κ1) is 12.6. The third kappa shape index (κ3) is 2.37. The van der Waals surface area contributed by atoms with Gasteiger partial charge in [0.15, 0.2) is 0 Å². The SMILES string of the molecule is CCCNC(c1cncc2ccccc12)C1(C)CC1. The van der Waals surface area contributed by atoms with Gasteiger partial charge in [-0.25, -0.2) is 0 Å². The van der Waals surface area contributed by atoms with Crippen molar-refractivity contribution in [3.63, 3.8) is 0 Å². The summed E-state index contributed by atoms with van der Waals surface area (Å²) in [5.41, 5.74) is 1.78. The lowest BCUT2D eigenvalue weighted by Crippen LogP contribution is -2.29. The molecule has 1 N–H and O–H groups in total. The molecule has 100 valence electrons. The fourth-order valence-electron chi connectivity index (χ4n) is 2.88. The first-order valence-electron chi connectivity index (χ1n) is 7.30. The van der Waals surface area contributed by atoms with E-state index in [2.05, 4.69) is 54.6 Å². The van der Waals surface area contributed by atoms with E-state index < -0.39 is 0 Å². The Morgan fingerprint density at radius 1 is 1.26 bits per heavy atom. The third-order valence-corrected chi connectivity index (χ3v) is 4.34. The number of hydrogen-bond donors (Lipinski definition) is 1. The lowest BCUT2D eigenvalue weighted by molar-refractivity contribution is 0.368. The summed E-state index contributed by atoms with van der Waals surface area (Å²) in [6, 6.07) is 9.02. The van der Waals surface area contributed by atoms with Crippen LogP contribution in [-0.4, -0.2) is 11.5 Å². The molecule has 0 bridgehead atoms. The Balaban J connectivity index is 2.04. The molecule has 1 heterocycles. The smallest absolute Gasteiger partial charge is 0.0396 e. The second-order valence-corrected chi connectivity index (χ2v) is 5.99. The minimum atomic E-state index is 0.418. The molecule has 1 atom stereocenters. The number of nitrogens with one attached hydrogen (secondary N) is 1. The molecule has 1 aromatic heterocycles. The summed E-state index contributed by atoms with van der Waals surface area (Å²) in [4.78, 5) is 4.44. The van der Waals surface area contributed by atoms with E-state index in [-0.39, 0.29) is 0 Å².